The van der Waals surface area contributed by atoms with Gasteiger partial charge in [-0.3, -0.25) is 4.68 Å². The predicted molar refractivity (Wildman–Crippen MR) is 71.0 cm³/mol. The second-order valence-corrected chi connectivity index (χ2v) is 4.73. The number of aliphatic hydroxyl groups is 1. The van der Waals surface area contributed by atoms with Gasteiger partial charge in [-0.1, -0.05) is 0 Å². The molecular formula is C12H20N4O4. The van der Waals surface area contributed by atoms with Crippen molar-refractivity contribution in [2.24, 2.45) is 7.05 Å². The number of carboxylic acid groups (broad SMARTS) is 1. The topological polar surface area (TPSA) is 108 Å². The molecule has 2 unspecified atom stereocenters. The number of aromatic nitrogens is 2. The molecule has 0 bridgehead atoms. The third-order valence-corrected chi connectivity index (χ3v) is 2.80. The Bertz CT molecular complexity index is 472. The van der Waals surface area contributed by atoms with Gasteiger partial charge in [-0.25, -0.2) is 9.59 Å². The number of hydrogen-bond acceptors (Lipinski definition) is 4. The van der Waals surface area contributed by atoms with E-state index in [9.17, 15) is 19.8 Å². The van der Waals surface area contributed by atoms with Gasteiger partial charge in [0.1, 0.15) is 0 Å². The molecule has 2 atom stereocenters. The molecule has 1 heterocycles. The van der Waals surface area contributed by atoms with Gasteiger partial charge in [0.25, 0.3) is 0 Å². The summed E-state index contributed by atoms with van der Waals surface area (Å²) in [6.07, 6.45) is 2.84. The number of carbonyl (C=O) groups is 2. The Labute approximate surface area is 117 Å². The van der Waals surface area contributed by atoms with Crippen LogP contribution in [0.25, 0.3) is 0 Å². The smallest absolute Gasteiger partial charge is 0.331 e. The molecule has 0 saturated carbocycles. The summed E-state index contributed by atoms with van der Waals surface area (Å²) >= 11 is 0. The number of aliphatic hydroxyl groups excluding tert-OH is 1. The van der Waals surface area contributed by atoms with Crippen molar-refractivity contribution in [3.8, 4) is 0 Å². The van der Waals surface area contributed by atoms with Crippen LogP contribution in [0.5, 0.6) is 0 Å². The van der Waals surface area contributed by atoms with Gasteiger partial charge in [0, 0.05) is 32.4 Å². The number of amides is 2. The number of carbonyl (C=O) groups excluding carboxylic acids is 1. The highest BCUT2D eigenvalue weighted by molar-refractivity contribution is 5.83. The zero-order valence-corrected chi connectivity index (χ0v) is 11.8. The van der Waals surface area contributed by atoms with Gasteiger partial charge in [-0.15, -0.1) is 0 Å². The highest BCUT2D eigenvalue weighted by Crippen LogP contribution is 2.12. The molecule has 8 heteroatoms. The van der Waals surface area contributed by atoms with Crippen molar-refractivity contribution in [1.82, 2.24) is 20.0 Å². The van der Waals surface area contributed by atoms with Gasteiger partial charge in [0.05, 0.1) is 12.3 Å². The maximum Gasteiger partial charge on any atom is 0.331 e. The highest BCUT2D eigenvalue weighted by atomic mass is 16.4. The van der Waals surface area contributed by atoms with Gasteiger partial charge in [0.15, 0.2) is 6.04 Å². The Morgan fingerprint density at radius 3 is 2.65 bits per heavy atom. The largest absolute Gasteiger partial charge is 0.479 e. The van der Waals surface area contributed by atoms with E-state index in [1.807, 2.05) is 0 Å². The van der Waals surface area contributed by atoms with Crippen LogP contribution in [0.2, 0.25) is 0 Å². The maximum atomic E-state index is 11.9. The third-order valence-electron chi connectivity index (χ3n) is 2.80. The van der Waals surface area contributed by atoms with Crippen molar-refractivity contribution >= 4 is 12.0 Å². The first kappa shape index (κ1) is 16.0. The van der Waals surface area contributed by atoms with E-state index in [0.717, 1.165) is 0 Å². The summed E-state index contributed by atoms with van der Waals surface area (Å²) in [6, 6.07) is -1.66. The first-order chi connectivity index (χ1) is 9.31. The fourth-order valence-electron chi connectivity index (χ4n) is 1.59. The molecule has 0 aliphatic rings. The molecule has 0 spiro atoms. The number of nitrogens with zero attached hydrogens (tertiary/aromatic N) is 3. The first-order valence-corrected chi connectivity index (χ1v) is 6.22. The number of nitrogens with one attached hydrogen (secondary N) is 1. The van der Waals surface area contributed by atoms with Gasteiger partial charge >= 0.3 is 12.0 Å². The van der Waals surface area contributed by atoms with Crippen molar-refractivity contribution in [3.63, 3.8) is 0 Å². The minimum atomic E-state index is -1.16. The molecule has 112 valence electrons. The van der Waals surface area contributed by atoms with Crippen molar-refractivity contribution in [3.05, 3.63) is 18.0 Å². The standard InChI is InChI=1S/C12H20N4O4/c1-8(17)4-5-15(2)12(20)14-10(11(18)19)9-6-13-16(3)7-9/h6-8,10,17H,4-5H2,1-3H3,(H,14,20)(H,18,19). The zero-order chi connectivity index (χ0) is 15.3. The Hall–Kier alpha value is -2.09. The van der Waals surface area contributed by atoms with Crippen LogP contribution in [0.1, 0.15) is 24.9 Å². The molecule has 20 heavy (non-hydrogen) atoms. The second-order valence-electron chi connectivity index (χ2n) is 4.73. The minimum Gasteiger partial charge on any atom is -0.479 e. The second kappa shape index (κ2) is 6.90. The third kappa shape index (κ3) is 4.54. The zero-order valence-electron chi connectivity index (χ0n) is 11.8. The van der Waals surface area contributed by atoms with E-state index in [1.54, 1.807) is 21.0 Å². The van der Waals surface area contributed by atoms with Crippen molar-refractivity contribution in [2.75, 3.05) is 13.6 Å². The summed E-state index contributed by atoms with van der Waals surface area (Å²) in [6.45, 7) is 1.96. The molecule has 1 aromatic rings. The van der Waals surface area contributed by atoms with Crippen LogP contribution in [-0.2, 0) is 11.8 Å². The Morgan fingerprint density at radius 2 is 2.20 bits per heavy atom. The summed E-state index contributed by atoms with van der Waals surface area (Å²) < 4.78 is 1.47. The van der Waals surface area contributed by atoms with Crippen LogP contribution in [0.3, 0.4) is 0 Å². The van der Waals surface area contributed by atoms with Crippen molar-refractivity contribution in [1.29, 1.82) is 0 Å². The van der Waals surface area contributed by atoms with E-state index < -0.39 is 24.1 Å². The number of aryl methyl sites for hydroxylation is 1. The number of hydrogen-bond donors (Lipinski definition) is 3. The van der Waals surface area contributed by atoms with Gasteiger partial charge < -0.3 is 20.4 Å². The molecule has 8 nitrogen and oxygen atoms in total. The molecule has 0 aliphatic heterocycles. The van der Waals surface area contributed by atoms with Crippen molar-refractivity contribution in [2.45, 2.75) is 25.5 Å². The lowest BCUT2D eigenvalue weighted by Gasteiger charge is -2.21. The lowest BCUT2D eigenvalue weighted by molar-refractivity contribution is -0.139. The van der Waals surface area contributed by atoms with Crippen molar-refractivity contribution < 1.29 is 19.8 Å². The molecule has 3 N–H and O–H groups in total. The lowest BCUT2D eigenvalue weighted by Crippen LogP contribution is -2.42. The average Bonchev–Trinajstić information content (AvgIpc) is 2.78. The molecule has 1 aromatic heterocycles. The Balaban J connectivity index is 2.66. The van der Waals surface area contributed by atoms with Gasteiger partial charge in [-0.05, 0) is 13.3 Å². The fraction of sp³-hybridized carbons (Fsp3) is 0.583. The van der Waals surface area contributed by atoms with Gasteiger partial charge in [0.2, 0.25) is 0 Å². The Morgan fingerprint density at radius 1 is 1.55 bits per heavy atom. The summed E-state index contributed by atoms with van der Waals surface area (Å²) in [5.74, 6) is -1.16. The number of urea groups is 1. The number of carboxylic acids is 1. The van der Waals surface area contributed by atoms with E-state index >= 15 is 0 Å². The molecular weight excluding hydrogens is 264 g/mol. The lowest BCUT2D eigenvalue weighted by atomic mass is 10.1. The molecule has 1 rings (SSSR count). The first-order valence-electron chi connectivity index (χ1n) is 6.22. The molecule has 0 fully saturated rings. The summed E-state index contributed by atoms with van der Waals surface area (Å²) in [5, 5.41) is 24.7. The van der Waals surface area contributed by atoms with Crippen LogP contribution in [0.15, 0.2) is 12.4 Å². The SMILES string of the molecule is CC(O)CCN(C)C(=O)NC(C(=O)O)c1cnn(C)c1. The maximum absolute atomic E-state index is 11.9. The average molecular weight is 284 g/mol. The van der Waals surface area contributed by atoms with Crippen LogP contribution in [0, 0.1) is 0 Å². The fourth-order valence-corrected chi connectivity index (χ4v) is 1.59. The van der Waals surface area contributed by atoms with E-state index in [2.05, 4.69) is 10.4 Å². The van der Waals surface area contributed by atoms with Crippen LogP contribution in [0.4, 0.5) is 4.79 Å². The van der Waals surface area contributed by atoms with E-state index in [-0.39, 0.29) is 0 Å². The van der Waals surface area contributed by atoms with Crippen LogP contribution < -0.4 is 5.32 Å². The van der Waals surface area contributed by atoms with E-state index in [4.69, 9.17) is 0 Å². The summed E-state index contributed by atoms with van der Waals surface area (Å²) in [7, 11) is 3.21. The predicted octanol–water partition coefficient (Wildman–Crippen LogP) is -0.0419. The normalized spacial score (nSPS) is 13.6. The number of aliphatic carboxylic acids is 1. The quantitative estimate of drug-likeness (QED) is 0.679. The molecule has 0 aromatic carbocycles. The van der Waals surface area contributed by atoms with Crippen LogP contribution in [-0.4, -0.2) is 56.6 Å². The van der Waals surface area contributed by atoms with E-state index in [1.165, 1.54) is 22.0 Å². The Kier molecular flexibility index (Phi) is 5.51. The number of rotatable bonds is 6. The molecule has 0 radical (unpaired) electrons. The van der Waals surface area contributed by atoms with Gasteiger partial charge in [-0.2, -0.15) is 5.10 Å². The minimum absolute atomic E-state index is 0.336. The molecule has 2 amide bonds. The van der Waals surface area contributed by atoms with E-state index in [0.29, 0.717) is 18.5 Å². The molecule has 0 saturated heterocycles. The highest BCUT2D eigenvalue weighted by Gasteiger charge is 2.24. The molecule has 0 aliphatic carbocycles. The summed E-state index contributed by atoms with van der Waals surface area (Å²) in [5.41, 5.74) is 0.400. The summed E-state index contributed by atoms with van der Waals surface area (Å²) in [4.78, 5) is 24.4. The van der Waals surface area contributed by atoms with Crippen LogP contribution >= 0.6 is 0 Å². The monoisotopic (exact) mass is 284 g/mol.